The molecule has 0 spiro atoms. The molecule has 3 rings (SSSR count). The maximum absolute atomic E-state index is 12.5. The number of nitrogens with one attached hydrogen (secondary N) is 1. The number of benzene rings is 1. The third kappa shape index (κ3) is 3.66. The van der Waals surface area contributed by atoms with Crippen LogP contribution < -0.4 is 5.32 Å². The van der Waals surface area contributed by atoms with Gasteiger partial charge in [-0.15, -0.1) is 11.3 Å². The maximum atomic E-state index is 12.5. The minimum absolute atomic E-state index is 0.0777. The smallest absolute Gasteiger partial charge is 0.251 e. The summed E-state index contributed by atoms with van der Waals surface area (Å²) >= 11 is 1.64. The molecule has 4 nitrogen and oxygen atoms in total. The number of aryl methyl sites for hydroxylation is 3. The lowest BCUT2D eigenvalue weighted by atomic mass is 10.1. The highest BCUT2D eigenvalue weighted by Crippen LogP contribution is 2.19. The van der Waals surface area contributed by atoms with E-state index in [-0.39, 0.29) is 11.9 Å². The third-order valence-electron chi connectivity index (χ3n) is 4.32. The second kappa shape index (κ2) is 7.23. The van der Waals surface area contributed by atoms with E-state index in [0.29, 0.717) is 5.56 Å². The van der Waals surface area contributed by atoms with Gasteiger partial charge in [0.25, 0.3) is 5.91 Å². The lowest BCUT2D eigenvalue weighted by Gasteiger charge is -2.13. The first-order chi connectivity index (χ1) is 12.0. The van der Waals surface area contributed by atoms with Gasteiger partial charge in [0, 0.05) is 28.0 Å². The lowest BCUT2D eigenvalue weighted by molar-refractivity contribution is 0.0939. The Kier molecular flexibility index (Phi) is 5.04. The van der Waals surface area contributed by atoms with Gasteiger partial charge in [-0.3, -0.25) is 4.79 Å². The van der Waals surface area contributed by atoms with Crippen molar-refractivity contribution in [2.24, 2.45) is 0 Å². The van der Waals surface area contributed by atoms with Gasteiger partial charge in [-0.05, 0) is 63.6 Å². The summed E-state index contributed by atoms with van der Waals surface area (Å²) in [5.74, 6) is -0.0777. The van der Waals surface area contributed by atoms with Gasteiger partial charge >= 0.3 is 0 Å². The molecule has 0 saturated carbocycles. The Morgan fingerprint density at radius 2 is 1.80 bits per heavy atom. The highest BCUT2D eigenvalue weighted by atomic mass is 32.1. The Hall–Kier alpha value is -2.40. The fourth-order valence-corrected chi connectivity index (χ4v) is 3.72. The number of nitrogens with zero attached hydrogens (tertiary/aromatic N) is 2. The zero-order valence-electron chi connectivity index (χ0n) is 15.0. The topological polar surface area (TPSA) is 46.9 Å². The van der Waals surface area contributed by atoms with Gasteiger partial charge in [0.1, 0.15) is 0 Å². The van der Waals surface area contributed by atoms with E-state index in [2.05, 4.69) is 47.8 Å². The molecule has 2 aromatic heterocycles. The average Bonchev–Trinajstić information content (AvgIpc) is 3.22. The monoisotopic (exact) mass is 353 g/mol. The first kappa shape index (κ1) is 17.4. The van der Waals surface area contributed by atoms with Crippen molar-refractivity contribution >= 4 is 17.2 Å². The Labute approximate surface area is 152 Å². The summed E-state index contributed by atoms with van der Waals surface area (Å²) in [6.45, 7) is 8.20. The number of carbonyl (C=O) groups is 1. The molecule has 1 aromatic carbocycles. The molecule has 0 fully saturated rings. The number of hydrogen-bond acceptors (Lipinski definition) is 3. The van der Waals surface area contributed by atoms with Crippen LogP contribution in [-0.2, 0) is 6.42 Å². The molecule has 0 aliphatic heterocycles. The SMILES string of the molecule is CCc1nc(C(C)NC(=O)c2ccc(-n3c(C)ccc3C)cc2)cs1. The number of thiazole rings is 1. The number of rotatable bonds is 5. The molecule has 0 aliphatic carbocycles. The maximum Gasteiger partial charge on any atom is 0.251 e. The predicted octanol–water partition coefficient (Wildman–Crippen LogP) is 4.60. The lowest BCUT2D eigenvalue weighted by Crippen LogP contribution is -2.26. The normalized spacial score (nSPS) is 12.2. The van der Waals surface area contributed by atoms with Crippen molar-refractivity contribution < 1.29 is 4.79 Å². The molecule has 0 bridgehead atoms. The van der Waals surface area contributed by atoms with Gasteiger partial charge in [-0.25, -0.2) is 4.98 Å². The second-order valence-electron chi connectivity index (χ2n) is 6.21. The van der Waals surface area contributed by atoms with Crippen LogP contribution in [0.2, 0.25) is 0 Å². The average molecular weight is 353 g/mol. The van der Waals surface area contributed by atoms with E-state index in [4.69, 9.17) is 0 Å². The molecule has 130 valence electrons. The summed E-state index contributed by atoms with van der Waals surface area (Å²) < 4.78 is 2.17. The van der Waals surface area contributed by atoms with E-state index in [1.807, 2.05) is 36.6 Å². The van der Waals surface area contributed by atoms with Crippen molar-refractivity contribution in [3.05, 3.63) is 69.4 Å². The first-order valence-corrected chi connectivity index (χ1v) is 9.38. The highest BCUT2D eigenvalue weighted by Gasteiger charge is 2.14. The van der Waals surface area contributed by atoms with Crippen LogP contribution >= 0.6 is 11.3 Å². The largest absolute Gasteiger partial charge is 0.344 e. The molecular formula is C20H23N3OS. The van der Waals surface area contributed by atoms with Gasteiger partial charge in [0.05, 0.1) is 16.7 Å². The van der Waals surface area contributed by atoms with Crippen LogP contribution in [0.3, 0.4) is 0 Å². The summed E-state index contributed by atoms with van der Waals surface area (Å²) in [5.41, 5.74) is 5.00. The molecule has 2 heterocycles. The van der Waals surface area contributed by atoms with Crippen molar-refractivity contribution in [3.8, 4) is 5.69 Å². The number of carbonyl (C=O) groups excluding carboxylic acids is 1. The Morgan fingerprint density at radius 3 is 2.36 bits per heavy atom. The standard InChI is InChI=1S/C20H23N3OS/c1-5-19-22-18(12-25-19)15(4)21-20(24)16-8-10-17(11-9-16)23-13(2)6-7-14(23)3/h6-12,15H,5H2,1-4H3,(H,21,24). The predicted molar refractivity (Wildman–Crippen MR) is 103 cm³/mol. The molecule has 1 atom stereocenters. The van der Waals surface area contributed by atoms with Gasteiger partial charge in [0.2, 0.25) is 0 Å². The third-order valence-corrected chi connectivity index (χ3v) is 5.33. The molecule has 25 heavy (non-hydrogen) atoms. The van der Waals surface area contributed by atoms with Crippen LogP contribution in [0.1, 0.15) is 52.3 Å². The minimum atomic E-state index is -0.0994. The number of aromatic nitrogens is 2. The van der Waals surface area contributed by atoms with E-state index in [1.54, 1.807) is 11.3 Å². The van der Waals surface area contributed by atoms with Gasteiger partial charge in [0.15, 0.2) is 0 Å². The zero-order valence-corrected chi connectivity index (χ0v) is 15.9. The van der Waals surface area contributed by atoms with Crippen LogP contribution in [0.15, 0.2) is 41.8 Å². The molecule has 3 aromatic rings. The van der Waals surface area contributed by atoms with Crippen LogP contribution in [0.5, 0.6) is 0 Å². The van der Waals surface area contributed by atoms with Crippen molar-refractivity contribution in [1.82, 2.24) is 14.9 Å². The van der Waals surface area contributed by atoms with Gasteiger partial charge in [-0.2, -0.15) is 0 Å². The summed E-state index contributed by atoms with van der Waals surface area (Å²) in [5, 5.41) is 6.14. The number of hydrogen-bond donors (Lipinski definition) is 1. The first-order valence-electron chi connectivity index (χ1n) is 8.50. The molecule has 0 radical (unpaired) electrons. The fourth-order valence-electron chi connectivity index (χ4n) is 2.88. The van der Waals surface area contributed by atoms with Gasteiger partial charge in [-0.1, -0.05) is 6.92 Å². The van der Waals surface area contributed by atoms with Crippen molar-refractivity contribution in [1.29, 1.82) is 0 Å². The molecule has 0 saturated heterocycles. The Balaban J connectivity index is 1.72. The molecular weight excluding hydrogens is 330 g/mol. The highest BCUT2D eigenvalue weighted by molar-refractivity contribution is 7.09. The quantitative estimate of drug-likeness (QED) is 0.728. The van der Waals surface area contributed by atoms with E-state index in [9.17, 15) is 4.79 Å². The van der Waals surface area contributed by atoms with Crippen LogP contribution in [0, 0.1) is 13.8 Å². The Bertz CT molecular complexity index is 857. The number of amides is 1. The molecule has 0 aliphatic rings. The molecule has 1 unspecified atom stereocenters. The minimum Gasteiger partial charge on any atom is -0.344 e. The molecule has 1 N–H and O–H groups in total. The van der Waals surface area contributed by atoms with Crippen LogP contribution in [0.25, 0.3) is 5.69 Å². The fraction of sp³-hybridized carbons (Fsp3) is 0.300. The van der Waals surface area contributed by atoms with Crippen molar-refractivity contribution in [2.75, 3.05) is 0 Å². The summed E-state index contributed by atoms with van der Waals surface area (Å²) in [6.07, 6.45) is 0.922. The van der Waals surface area contributed by atoms with E-state index >= 15 is 0 Å². The Morgan fingerprint density at radius 1 is 1.16 bits per heavy atom. The van der Waals surface area contributed by atoms with Gasteiger partial charge < -0.3 is 9.88 Å². The second-order valence-corrected chi connectivity index (χ2v) is 7.16. The zero-order chi connectivity index (χ0) is 18.0. The summed E-state index contributed by atoms with van der Waals surface area (Å²) in [4.78, 5) is 17.0. The van der Waals surface area contributed by atoms with Crippen LogP contribution in [-0.4, -0.2) is 15.5 Å². The molecule has 1 amide bonds. The van der Waals surface area contributed by atoms with Crippen molar-refractivity contribution in [3.63, 3.8) is 0 Å². The molecule has 5 heteroatoms. The van der Waals surface area contributed by atoms with E-state index in [1.165, 1.54) is 11.4 Å². The van der Waals surface area contributed by atoms with E-state index in [0.717, 1.165) is 22.8 Å². The van der Waals surface area contributed by atoms with Crippen LogP contribution in [0.4, 0.5) is 0 Å². The van der Waals surface area contributed by atoms with Crippen molar-refractivity contribution in [2.45, 2.75) is 40.2 Å². The van der Waals surface area contributed by atoms with E-state index < -0.39 is 0 Å². The summed E-state index contributed by atoms with van der Waals surface area (Å²) in [7, 11) is 0. The summed E-state index contributed by atoms with van der Waals surface area (Å²) in [6, 6.07) is 11.8.